The molecule has 126 valence electrons. The van der Waals surface area contributed by atoms with Gasteiger partial charge < -0.3 is 14.8 Å². The van der Waals surface area contributed by atoms with Gasteiger partial charge in [-0.25, -0.2) is 9.59 Å². The lowest BCUT2D eigenvalue weighted by molar-refractivity contribution is -0.148. The second kappa shape index (κ2) is 7.47. The zero-order valence-electron chi connectivity index (χ0n) is 14.0. The Balaban J connectivity index is 2.87. The van der Waals surface area contributed by atoms with E-state index >= 15 is 0 Å². The predicted octanol–water partition coefficient (Wildman–Crippen LogP) is 1.31. The van der Waals surface area contributed by atoms with Crippen molar-refractivity contribution < 1.29 is 23.9 Å². The standard InChI is InChI=1S/C15H26N2O5/c1-6-16-12(18)10-8-11(13(19)21-7-2)17(9-10)14(20)22-15(3,4)5/h10-11H,6-9H2,1-5H3,(H,16,18). The number of carbonyl (C=O) groups is 3. The van der Waals surface area contributed by atoms with Crippen LogP contribution in [0.2, 0.25) is 0 Å². The molecule has 1 heterocycles. The van der Waals surface area contributed by atoms with Gasteiger partial charge in [0.05, 0.1) is 12.5 Å². The number of ether oxygens (including phenoxy) is 2. The van der Waals surface area contributed by atoms with E-state index in [1.807, 2.05) is 6.92 Å². The Hall–Kier alpha value is -1.79. The fourth-order valence-electron chi connectivity index (χ4n) is 2.33. The number of esters is 1. The Morgan fingerprint density at radius 1 is 1.23 bits per heavy atom. The minimum Gasteiger partial charge on any atom is -0.464 e. The van der Waals surface area contributed by atoms with Gasteiger partial charge in [-0.05, 0) is 41.0 Å². The highest BCUT2D eigenvalue weighted by Gasteiger charge is 2.44. The van der Waals surface area contributed by atoms with Gasteiger partial charge in [0.15, 0.2) is 0 Å². The molecule has 1 rings (SSSR count). The number of carbonyl (C=O) groups excluding carboxylic acids is 3. The minimum absolute atomic E-state index is 0.157. The van der Waals surface area contributed by atoms with Gasteiger partial charge in [0.25, 0.3) is 0 Å². The first kappa shape index (κ1) is 18.3. The van der Waals surface area contributed by atoms with Gasteiger partial charge in [-0.2, -0.15) is 0 Å². The monoisotopic (exact) mass is 314 g/mol. The first-order valence-corrected chi connectivity index (χ1v) is 7.63. The first-order chi connectivity index (χ1) is 10.2. The third-order valence-corrected chi connectivity index (χ3v) is 3.21. The molecule has 1 aliphatic rings. The highest BCUT2D eigenvalue weighted by atomic mass is 16.6. The molecule has 1 saturated heterocycles. The van der Waals surface area contributed by atoms with Crippen LogP contribution in [0, 0.1) is 5.92 Å². The molecule has 2 unspecified atom stereocenters. The maximum absolute atomic E-state index is 12.3. The van der Waals surface area contributed by atoms with E-state index < -0.39 is 29.6 Å². The number of amides is 2. The van der Waals surface area contributed by atoms with Gasteiger partial charge in [-0.15, -0.1) is 0 Å². The number of nitrogens with zero attached hydrogens (tertiary/aromatic N) is 1. The van der Waals surface area contributed by atoms with E-state index in [9.17, 15) is 14.4 Å². The largest absolute Gasteiger partial charge is 0.464 e. The summed E-state index contributed by atoms with van der Waals surface area (Å²) >= 11 is 0. The van der Waals surface area contributed by atoms with Crippen molar-refractivity contribution in [3.63, 3.8) is 0 Å². The molecule has 22 heavy (non-hydrogen) atoms. The maximum Gasteiger partial charge on any atom is 0.411 e. The quantitative estimate of drug-likeness (QED) is 0.791. The minimum atomic E-state index is -0.776. The third kappa shape index (κ3) is 4.89. The topological polar surface area (TPSA) is 84.9 Å². The van der Waals surface area contributed by atoms with Crippen molar-refractivity contribution >= 4 is 18.0 Å². The summed E-state index contributed by atoms with van der Waals surface area (Å²) in [6.07, 6.45) is -0.346. The summed E-state index contributed by atoms with van der Waals surface area (Å²) in [5.41, 5.74) is -0.667. The Bertz CT molecular complexity index is 430. The molecule has 2 atom stereocenters. The molecule has 0 radical (unpaired) electrons. The fourth-order valence-corrected chi connectivity index (χ4v) is 2.33. The van der Waals surface area contributed by atoms with E-state index in [-0.39, 0.29) is 25.5 Å². The summed E-state index contributed by atoms with van der Waals surface area (Å²) in [5.74, 6) is -1.09. The van der Waals surface area contributed by atoms with E-state index in [1.54, 1.807) is 27.7 Å². The third-order valence-electron chi connectivity index (χ3n) is 3.21. The number of nitrogens with one attached hydrogen (secondary N) is 1. The second-order valence-corrected chi connectivity index (χ2v) is 6.23. The molecule has 7 heteroatoms. The van der Waals surface area contributed by atoms with Crippen molar-refractivity contribution in [2.75, 3.05) is 19.7 Å². The van der Waals surface area contributed by atoms with Crippen LogP contribution < -0.4 is 5.32 Å². The summed E-state index contributed by atoms with van der Waals surface area (Å²) in [5, 5.41) is 2.72. The van der Waals surface area contributed by atoms with Crippen LogP contribution in [0.1, 0.15) is 41.0 Å². The van der Waals surface area contributed by atoms with Crippen LogP contribution in [0.4, 0.5) is 4.79 Å². The van der Waals surface area contributed by atoms with Crippen LogP contribution in [0.25, 0.3) is 0 Å². The Morgan fingerprint density at radius 2 is 1.86 bits per heavy atom. The van der Waals surface area contributed by atoms with Gasteiger partial charge in [0.2, 0.25) is 5.91 Å². The van der Waals surface area contributed by atoms with Gasteiger partial charge in [-0.1, -0.05) is 0 Å². The lowest BCUT2D eigenvalue weighted by Gasteiger charge is -2.27. The molecule has 0 aromatic heterocycles. The average Bonchev–Trinajstić information content (AvgIpc) is 2.82. The van der Waals surface area contributed by atoms with E-state index in [0.717, 1.165) is 0 Å². The lowest BCUT2D eigenvalue weighted by atomic mass is 10.1. The molecule has 1 aliphatic heterocycles. The van der Waals surface area contributed by atoms with Crippen LogP contribution in [0.3, 0.4) is 0 Å². The molecule has 0 aromatic carbocycles. The highest BCUT2D eigenvalue weighted by molar-refractivity contribution is 5.86. The van der Waals surface area contributed by atoms with Crippen LogP contribution in [0.15, 0.2) is 0 Å². The SMILES string of the molecule is CCNC(=O)C1CC(C(=O)OCC)N(C(=O)OC(C)(C)C)C1. The van der Waals surface area contributed by atoms with Crippen molar-refractivity contribution in [1.82, 2.24) is 10.2 Å². The van der Waals surface area contributed by atoms with Crippen molar-refractivity contribution in [1.29, 1.82) is 0 Å². The average molecular weight is 314 g/mol. The molecule has 2 amide bonds. The summed E-state index contributed by atoms with van der Waals surface area (Å²) in [4.78, 5) is 37.6. The van der Waals surface area contributed by atoms with E-state index in [2.05, 4.69) is 5.32 Å². The number of hydrogen-bond acceptors (Lipinski definition) is 5. The lowest BCUT2D eigenvalue weighted by Crippen LogP contribution is -2.44. The van der Waals surface area contributed by atoms with Crippen molar-refractivity contribution in [2.45, 2.75) is 52.7 Å². The zero-order chi connectivity index (χ0) is 16.9. The van der Waals surface area contributed by atoms with Crippen LogP contribution in [0.5, 0.6) is 0 Å². The van der Waals surface area contributed by atoms with Gasteiger partial charge in [-0.3, -0.25) is 9.69 Å². The molecule has 0 spiro atoms. The maximum atomic E-state index is 12.3. The zero-order valence-corrected chi connectivity index (χ0v) is 14.0. The van der Waals surface area contributed by atoms with E-state index in [4.69, 9.17) is 9.47 Å². The summed E-state index contributed by atoms with van der Waals surface area (Å²) in [6.45, 7) is 9.66. The predicted molar refractivity (Wildman–Crippen MR) is 80.2 cm³/mol. The van der Waals surface area contributed by atoms with Crippen LogP contribution in [-0.4, -0.2) is 54.2 Å². The highest BCUT2D eigenvalue weighted by Crippen LogP contribution is 2.26. The van der Waals surface area contributed by atoms with Gasteiger partial charge in [0.1, 0.15) is 11.6 Å². The summed E-state index contributed by atoms with van der Waals surface area (Å²) in [7, 11) is 0. The Labute approximate surface area is 131 Å². The summed E-state index contributed by atoms with van der Waals surface area (Å²) < 4.78 is 10.3. The van der Waals surface area contributed by atoms with Gasteiger partial charge >= 0.3 is 12.1 Å². The smallest absolute Gasteiger partial charge is 0.411 e. The van der Waals surface area contributed by atoms with E-state index in [0.29, 0.717) is 6.54 Å². The van der Waals surface area contributed by atoms with E-state index in [1.165, 1.54) is 4.90 Å². The van der Waals surface area contributed by atoms with Gasteiger partial charge in [0, 0.05) is 13.1 Å². The summed E-state index contributed by atoms with van der Waals surface area (Å²) in [6, 6.07) is -0.776. The molecule has 0 aliphatic carbocycles. The molecule has 0 aromatic rings. The molecule has 0 saturated carbocycles. The van der Waals surface area contributed by atoms with Crippen molar-refractivity contribution in [2.24, 2.45) is 5.92 Å². The van der Waals surface area contributed by atoms with Crippen LogP contribution in [-0.2, 0) is 19.1 Å². The second-order valence-electron chi connectivity index (χ2n) is 6.23. The normalized spacial score (nSPS) is 21.4. The molecule has 1 N–H and O–H groups in total. The van der Waals surface area contributed by atoms with Crippen molar-refractivity contribution in [3.05, 3.63) is 0 Å². The molecular formula is C15H26N2O5. The molecular weight excluding hydrogens is 288 g/mol. The molecule has 0 bridgehead atoms. The molecule has 7 nitrogen and oxygen atoms in total. The fraction of sp³-hybridized carbons (Fsp3) is 0.800. The Morgan fingerprint density at radius 3 is 2.36 bits per heavy atom. The number of likely N-dealkylation sites (tertiary alicyclic amines) is 1. The van der Waals surface area contributed by atoms with Crippen LogP contribution >= 0.6 is 0 Å². The first-order valence-electron chi connectivity index (χ1n) is 7.63. The van der Waals surface area contributed by atoms with Crippen molar-refractivity contribution in [3.8, 4) is 0 Å². The Kier molecular flexibility index (Phi) is 6.20. The number of rotatable bonds is 4. The number of hydrogen-bond donors (Lipinski definition) is 1. The molecule has 1 fully saturated rings.